The number of nitrogens with zero attached hydrogens (tertiary/aromatic N) is 4. The van der Waals surface area contributed by atoms with Crippen molar-refractivity contribution >= 4 is 28.1 Å². The molecule has 0 bridgehead atoms. The summed E-state index contributed by atoms with van der Waals surface area (Å²) in [5, 5.41) is 0. The van der Waals surface area contributed by atoms with Crippen LogP contribution < -0.4 is 4.74 Å². The van der Waals surface area contributed by atoms with Crippen molar-refractivity contribution in [2.45, 2.75) is 6.92 Å². The molecular weight excluding hydrogens is 376 g/mol. The number of ketones is 1. The van der Waals surface area contributed by atoms with Gasteiger partial charge in [-0.05, 0) is 67.6 Å². The Kier molecular flexibility index (Phi) is 4.25. The number of methoxy groups -OCH3 is 1. The molecule has 0 aliphatic carbocycles. The molecule has 3 aromatic carbocycles. The second-order valence-electron chi connectivity index (χ2n) is 6.96. The molecule has 6 nitrogen and oxygen atoms in total. The van der Waals surface area contributed by atoms with Gasteiger partial charge in [-0.2, -0.15) is 0 Å². The van der Waals surface area contributed by atoms with Crippen LogP contribution in [0.2, 0.25) is 0 Å². The van der Waals surface area contributed by atoms with E-state index in [1.165, 1.54) is 0 Å². The van der Waals surface area contributed by atoms with Gasteiger partial charge in [0, 0.05) is 16.8 Å². The number of carbonyl (C=O) groups is 1. The molecule has 0 saturated carbocycles. The van der Waals surface area contributed by atoms with Crippen molar-refractivity contribution in [3.8, 4) is 22.8 Å². The van der Waals surface area contributed by atoms with Gasteiger partial charge < -0.3 is 4.74 Å². The normalized spacial score (nSPS) is 11.1. The van der Waals surface area contributed by atoms with Crippen LogP contribution in [0.1, 0.15) is 17.3 Å². The van der Waals surface area contributed by atoms with Crippen molar-refractivity contribution in [3.63, 3.8) is 0 Å². The Morgan fingerprint density at radius 3 is 2.13 bits per heavy atom. The molecule has 146 valence electrons. The first-order valence-electron chi connectivity index (χ1n) is 9.55. The summed E-state index contributed by atoms with van der Waals surface area (Å²) in [6, 6.07) is 22.9. The van der Waals surface area contributed by atoms with Crippen molar-refractivity contribution in [1.29, 1.82) is 0 Å². The van der Waals surface area contributed by atoms with Gasteiger partial charge in [-0.25, -0.2) is 15.0 Å². The molecule has 0 atom stereocenters. The highest BCUT2D eigenvalue weighted by atomic mass is 16.5. The van der Waals surface area contributed by atoms with Crippen molar-refractivity contribution in [2.24, 2.45) is 0 Å². The summed E-state index contributed by atoms with van der Waals surface area (Å²) < 4.78 is 7.26. The number of aromatic nitrogens is 4. The van der Waals surface area contributed by atoms with Crippen molar-refractivity contribution in [1.82, 2.24) is 19.5 Å². The zero-order valence-corrected chi connectivity index (χ0v) is 16.5. The molecular formula is C24H18N4O2. The van der Waals surface area contributed by atoms with E-state index in [0.717, 1.165) is 33.9 Å². The maximum atomic E-state index is 11.7. The third kappa shape index (κ3) is 2.99. The van der Waals surface area contributed by atoms with Crippen LogP contribution in [0, 0.1) is 0 Å². The Hall–Kier alpha value is -4.06. The third-order valence-electron chi connectivity index (χ3n) is 5.05. The van der Waals surface area contributed by atoms with Gasteiger partial charge in [-0.15, -0.1) is 0 Å². The quantitative estimate of drug-likeness (QED) is 0.408. The number of ether oxygens (including phenoxy) is 1. The zero-order valence-electron chi connectivity index (χ0n) is 16.5. The van der Waals surface area contributed by atoms with Crippen molar-refractivity contribution < 1.29 is 9.53 Å². The second-order valence-corrected chi connectivity index (χ2v) is 6.96. The lowest BCUT2D eigenvalue weighted by atomic mass is 10.1. The highest BCUT2D eigenvalue weighted by Crippen LogP contribution is 2.29. The van der Waals surface area contributed by atoms with E-state index < -0.39 is 0 Å². The number of rotatable bonds is 4. The largest absolute Gasteiger partial charge is 0.497 e. The fourth-order valence-corrected chi connectivity index (χ4v) is 3.48. The lowest BCUT2D eigenvalue weighted by Gasteiger charge is -2.10. The number of Topliss-reactive ketones (excluding diaryl/α,β-unsaturated/α-hetero) is 1. The molecule has 2 heterocycles. The minimum Gasteiger partial charge on any atom is -0.497 e. The van der Waals surface area contributed by atoms with E-state index in [9.17, 15) is 4.79 Å². The van der Waals surface area contributed by atoms with Gasteiger partial charge in [-0.1, -0.05) is 12.1 Å². The van der Waals surface area contributed by atoms with Gasteiger partial charge in [0.05, 0.1) is 18.1 Å². The van der Waals surface area contributed by atoms with Gasteiger partial charge in [0.25, 0.3) is 0 Å². The number of benzene rings is 3. The molecule has 0 N–H and O–H groups in total. The molecule has 0 spiro atoms. The average Bonchev–Trinajstić information content (AvgIpc) is 3.15. The molecule has 30 heavy (non-hydrogen) atoms. The first kappa shape index (κ1) is 18.0. The number of carbonyl (C=O) groups excluding carboxylic acids is 1. The first-order chi connectivity index (χ1) is 14.6. The van der Waals surface area contributed by atoms with E-state index in [0.29, 0.717) is 16.9 Å². The fraction of sp³-hybridized carbons (Fsp3) is 0.0833. The lowest BCUT2D eigenvalue weighted by Crippen LogP contribution is -2.00. The van der Waals surface area contributed by atoms with Crippen LogP contribution in [0.3, 0.4) is 0 Å². The SMILES string of the molecule is COc1ccc(-c2nc3nc4ccccc4nc3n2-c2ccc(C(C)=O)cc2)cc1. The van der Waals surface area contributed by atoms with Gasteiger partial charge in [0.15, 0.2) is 17.1 Å². The first-order valence-corrected chi connectivity index (χ1v) is 9.55. The van der Waals surface area contributed by atoms with E-state index in [1.54, 1.807) is 14.0 Å². The number of para-hydroxylation sites is 2. The molecule has 2 aromatic heterocycles. The van der Waals surface area contributed by atoms with Crippen LogP contribution in [0.15, 0.2) is 72.8 Å². The molecule has 6 heteroatoms. The Balaban J connectivity index is 1.79. The predicted octanol–water partition coefficient (Wildman–Crippen LogP) is 4.85. The summed E-state index contributed by atoms with van der Waals surface area (Å²) in [6.07, 6.45) is 0. The topological polar surface area (TPSA) is 69.9 Å². The molecule has 5 aromatic rings. The summed E-state index contributed by atoms with van der Waals surface area (Å²) in [5.74, 6) is 1.52. The summed E-state index contributed by atoms with van der Waals surface area (Å²) in [7, 11) is 1.64. The summed E-state index contributed by atoms with van der Waals surface area (Å²) in [5.41, 5.74) is 5.25. The maximum absolute atomic E-state index is 11.7. The summed E-state index contributed by atoms with van der Waals surface area (Å²) in [6.45, 7) is 1.56. The van der Waals surface area contributed by atoms with Crippen molar-refractivity contribution in [2.75, 3.05) is 7.11 Å². The minimum absolute atomic E-state index is 0.0261. The monoisotopic (exact) mass is 394 g/mol. The molecule has 0 aliphatic rings. The van der Waals surface area contributed by atoms with E-state index in [1.807, 2.05) is 77.4 Å². The summed E-state index contributed by atoms with van der Waals surface area (Å²) in [4.78, 5) is 26.1. The van der Waals surface area contributed by atoms with Crippen LogP contribution in [0.25, 0.3) is 39.4 Å². The van der Waals surface area contributed by atoms with Gasteiger partial charge in [-0.3, -0.25) is 9.36 Å². The van der Waals surface area contributed by atoms with Crippen molar-refractivity contribution in [3.05, 3.63) is 78.4 Å². The lowest BCUT2D eigenvalue weighted by molar-refractivity contribution is 0.101. The molecule has 0 aliphatic heterocycles. The highest BCUT2D eigenvalue weighted by molar-refractivity contribution is 5.94. The Morgan fingerprint density at radius 2 is 1.50 bits per heavy atom. The summed E-state index contributed by atoms with van der Waals surface area (Å²) >= 11 is 0. The maximum Gasteiger partial charge on any atom is 0.199 e. The van der Waals surface area contributed by atoms with Gasteiger partial charge in [0.1, 0.15) is 11.6 Å². The Morgan fingerprint density at radius 1 is 0.833 bits per heavy atom. The molecule has 0 radical (unpaired) electrons. The third-order valence-corrected chi connectivity index (χ3v) is 5.05. The van der Waals surface area contributed by atoms with E-state index in [2.05, 4.69) is 0 Å². The predicted molar refractivity (Wildman–Crippen MR) is 116 cm³/mol. The number of hydrogen-bond acceptors (Lipinski definition) is 5. The van der Waals surface area contributed by atoms with Crippen LogP contribution >= 0.6 is 0 Å². The van der Waals surface area contributed by atoms with E-state index in [4.69, 9.17) is 19.7 Å². The zero-order chi connectivity index (χ0) is 20.7. The standard InChI is InChI=1S/C24H18N4O2/c1-15(29)16-7-11-18(12-8-16)28-23(17-9-13-19(30-2)14-10-17)27-22-24(28)26-21-6-4-3-5-20(21)25-22/h3-14H,1-2H3. The van der Waals surface area contributed by atoms with E-state index >= 15 is 0 Å². The smallest absolute Gasteiger partial charge is 0.199 e. The molecule has 0 amide bonds. The fourth-order valence-electron chi connectivity index (χ4n) is 3.48. The number of hydrogen-bond donors (Lipinski definition) is 0. The van der Waals surface area contributed by atoms with Gasteiger partial charge in [0.2, 0.25) is 0 Å². The Labute approximate surface area is 172 Å². The van der Waals surface area contributed by atoms with E-state index in [-0.39, 0.29) is 5.78 Å². The minimum atomic E-state index is 0.0261. The number of fused-ring (bicyclic) bond motifs is 2. The molecule has 0 fully saturated rings. The van der Waals surface area contributed by atoms with Crippen LogP contribution in [-0.4, -0.2) is 32.4 Å². The molecule has 5 rings (SSSR count). The average molecular weight is 394 g/mol. The molecule has 0 saturated heterocycles. The Bertz CT molecular complexity index is 1390. The molecule has 0 unspecified atom stereocenters. The highest BCUT2D eigenvalue weighted by Gasteiger charge is 2.18. The van der Waals surface area contributed by atoms with Crippen LogP contribution in [-0.2, 0) is 0 Å². The van der Waals surface area contributed by atoms with Gasteiger partial charge >= 0.3 is 0 Å². The second kappa shape index (κ2) is 7.08. The van der Waals surface area contributed by atoms with Crippen LogP contribution in [0.4, 0.5) is 0 Å². The van der Waals surface area contributed by atoms with Crippen LogP contribution in [0.5, 0.6) is 5.75 Å². The number of imidazole rings is 1.